The molecule has 1 N–H and O–H groups in total. The molecule has 3 aliphatic rings. The van der Waals surface area contributed by atoms with Crippen molar-refractivity contribution in [1.29, 1.82) is 0 Å². The Morgan fingerprint density at radius 2 is 1.00 bits per heavy atom. The van der Waals surface area contributed by atoms with E-state index in [1.54, 1.807) is 14.2 Å². The summed E-state index contributed by atoms with van der Waals surface area (Å²) in [6.45, 7) is 0. The molecule has 1 saturated heterocycles. The van der Waals surface area contributed by atoms with Crippen LogP contribution in [-0.4, -0.2) is 44.6 Å². The molecule has 4 aromatic rings. The SMILES string of the molecule is COC(c1ccccc1)(c1ccccc1)[C@@H]1OB([C@H]2C[C@H]2[C@H]2C[C@H]2C(=O)O)O[C@H]1C(OC)(c1ccccc1)c1ccccc1. The largest absolute Gasteiger partial charge is 0.481 e. The standard InChI is InChI=1S/C37H37BO6/c1-41-36(25-15-7-3-8-16-25,26-17-9-4-10-18-26)33-34(44-38(43-33)32-24-30(32)29-23-31(29)35(39)40)37(42-2,27-19-11-5-12-20-27)28-21-13-6-14-22-28/h3-22,29-34H,23-24H2,1-2H3,(H,39,40)/t29-,30+,31-,32+,33-,34-/m1/s1. The van der Waals surface area contributed by atoms with Gasteiger partial charge in [-0.15, -0.1) is 0 Å². The van der Waals surface area contributed by atoms with Crippen molar-refractivity contribution >= 4 is 13.1 Å². The van der Waals surface area contributed by atoms with Gasteiger partial charge in [0, 0.05) is 14.2 Å². The van der Waals surface area contributed by atoms with E-state index in [0.717, 1.165) is 35.1 Å². The lowest BCUT2D eigenvalue weighted by Crippen LogP contribution is -2.56. The second kappa shape index (κ2) is 11.6. The third-order valence-corrected chi connectivity index (χ3v) is 10.0. The summed E-state index contributed by atoms with van der Waals surface area (Å²) in [5.74, 6) is -0.442. The topological polar surface area (TPSA) is 74.2 Å². The predicted octanol–water partition coefficient (Wildman–Crippen LogP) is 6.55. The molecule has 44 heavy (non-hydrogen) atoms. The van der Waals surface area contributed by atoms with E-state index in [1.807, 2.05) is 72.8 Å². The van der Waals surface area contributed by atoms with Crippen molar-refractivity contribution in [3.05, 3.63) is 144 Å². The molecule has 6 nitrogen and oxygen atoms in total. The van der Waals surface area contributed by atoms with Crippen LogP contribution in [0.5, 0.6) is 0 Å². The Balaban J connectivity index is 1.41. The van der Waals surface area contributed by atoms with Crippen LogP contribution >= 0.6 is 0 Å². The Morgan fingerprint density at radius 3 is 1.30 bits per heavy atom. The molecule has 2 aliphatic carbocycles. The average molecular weight is 589 g/mol. The van der Waals surface area contributed by atoms with Crippen LogP contribution in [0.2, 0.25) is 5.82 Å². The third kappa shape index (κ3) is 4.70. The molecule has 1 heterocycles. The highest BCUT2D eigenvalue weighted by molar-refractivity contribution is 6.48. The van der Waals surface area contributed by atoms with Gasteiger partial charge < -0.3 is 23.9 Å². The summed E-state index contributed by atoms with van der Waals surface area (Å²) >= 11 is 0. The Bertz CT molecular complexity index is 1390. The van der Waals surface area contributed by atoms with E-state index >= 15 is 0 Å². The summed E-state index contributed by atoms with van der Waals surface area (Å²) in [5.41, 5.74) is 1.67. The maximum atomic E-state index is 11.7. The lowest BCUT2D eigenvalue weighted by molar-refractivity contribution is -0.138. The molecule has 0 spiro atoms. The highest BCUT2D eigenvalue weighted by Gasteiger charge is 2.68. The van der Waals surface area contributed by atoms with E-state index in [-0.39, 0.29) is 23.6 Å². The van der Waals surface area contributed by atoms with Crippen molar-refractivity contribution in [3.63, 3.8) is 0 Å². The first kappa shape index (κ1) is 29.0. The summed E-state index contributed by atoms with van der Waals surface area (Å²) < 4.78 is 27.6. The zero-order valence-corrected chi connectivity index (χ0v) is 25.0. The number of carboxylic acid groups (broad SMARTS) is 1. The van der Waals surface area contributed by atoms with Crippen molar-refractivity contribution in [2.45, 2.75) is 42.1 Å². The highest BCUT2D eigenvalue weighted by Crippen LogP contribution is 2.64. The average Bonchev–Trinajstić information content (AvgIpc) is 4.01. The van der Waals surface area contributed by atoms with Gasteiger partial charge in [0.05, 0.1) is 5.92 Å². The van der Waals surface area contributed by atoms with Crippen LogP contribution in [0.15, 0.2) is 121 Å². The fourth-order valence-corrected chi connectivity index (χ4v) is 7.73. The molecule has 0 aromatic heterocycles. The molecule has 3 fully saturated rings. The van der Waals surface area contributed by atoms with Gasteiger partial charge in [-0.3, -0.25) is 4.79 Å². The van der Waals surface area contributed by atoms with E-state index < -0.39 is 36.5 Å². The molecule has 2 saturated carbocycles. The van der Waals surface area contributed by atoms with Gasteiger partial charge in [0.2, 0.25) is 0 Å². The summed E-state index contributed by atoms with van der Waals surface area (Å²) in [4.78, 5) is 11.7. The van der Waals surface area contributed by atoms with E-state index in [2.05, 4.69) is 48.5 Å². The molecular formula is C37H37BO6. The number of rotatable bonds is 11. The van der Waals surface area contributed by atoms with Gasteiger partial charge in [-0.25, -0.2) is 0 Å². The molecule has 0 radical (unpaired) electrons. The lowest BCUT2D eigenvalue weighted by Gasteiger charge is -2.47. The summed E-state index contributed by atoms with van der Waals surface area (Å²) in [6.07, 6.45) is 0.324. The van der Waals surface area contributed by atoms with Gasteiger partial charge in [-0.2, -0.15) is 0 Å². The minimum absolute atomic E-state index is 0.0963. The van der Waals surface area contributed by atoms with Gasteiger partial charge in [-0.05, 0) is 52.7 Å². The van der Waals surface area contributed by atoms with E-state index in [4.69, 9.17) is 18.8 Å². The third-order valence-electron chi connectivity index (χ3n) is 10.0. The maximum absolute atomic E-state index is 11.7. The molecule has 0 unspecified atom stereocenters. The van der Waals surface area contributed by atoms with Crippen LogP contribution in [0.4, 0.5) is 0 Å². The Kier molecular flexibility index (Phi) is 7.67. The quantitative estimate of drug-likeness (QED) is 0.201. The summed E-state index contributed by atoms with van der Waals surface area (Å²) in [7, 11) is 2.91. The van der Waals surface area contributed by atoms with E-state index in [0.29, 0.717) is 0 Å². The molecule has 1 aliphatic heterocycles. The van der Waals surface area contributed by atoms with Crippen molar-refractivity contribution in [3.8, 4) is 0 Å². The lowest BCUT2D eigenvalue weighted by atomic mass is 9.71. The first-order chi connectivity index (χ1) is 21.5. The van der Waals surface area contributed by atoms with Gasteiger partial charge in [0.1, 0.15) is 23.4 Å². The second-order valence-electron chi connectivity index (χ2n) is 12.2. The summed E-state index contributed by atoms with van der Waals surface area (Å²) in [5, 5.41) is 9.62. The number of ether oxygens (including phenoxy) is 2. The monoisotopic (exact) mass is 588 g/mol. The minimum atomic E-state index is -1.05. The second-order valence-corrected chi connectivity index (χ2v) is 12.2. The molecule has 0 bridgehead atoms. The molecule has 224 valence electrons. The van der Waals surface area contributed by atoms with Gasteiger partial charge in [0.15, 0.2) is 0 Å². The van der Waals surface area contributed by atoms with Crippen LogP contribution < -0.4 is 0 Å². The van der Waals surface area contributed by atoms with Crippen LogP contribution in [0.25, 0.3) is 0 Å². The van der Waals surface area contributed by atoms with E-state index in [9.17, 15) is 9.90 Å². The van der Waals surface area contributed by atoms with Crippen molar-refractivity contribution in [2.24, 2.45) is 17.8 Å². The van der Waals surface area contributed by atoms with E-state index in [1.165, 1.54) is 0 Å². The van der Waals surface area contributed by atoms with Crippen molar-refractivity contribution < 1.29 is 28.7 Å². The fraction of sp³-hybridized carbons (Fsp3) is 0.324. The zero-order valence-electron chi connectivity index (χ0n) is 25.0. The van der Waals surface area contributed by atoms with Crippen molar-refractivity contribution in [1.82, 2.24) is 0 Å². The highest BCUT2D eigenvalue weighted by atomic mass is 16.7. The Hall–Kier alpha value is -3.75. The number of carboxylic acids is 1. The van der Waals surface area contributed by atoms with Gasteiger partial charge in [0.25, 0.3) is 0 Å². The smallest absolute Gasteiger partial charge is 0.461 e. The maximum Gasteiger partial charge on any atom is 0.461 e. The van der Waals surface area contributed by atoms with Gasteiger partial charge >= 0.3 is 13.1 Å². The number of carbonyl (C=O) groups is 1. The van der Waals surface area contributed by atoms with Crippen LogP contribution in [0.1, 0.15) is 35.1 Å². The minimum Gasteiger partial charge on any atom is -0.481 e. The number of aliphatic carboxylic acids is 1. The first-order valence-corrected chi connectivity index (χ1v) is 15.4. The Labute approximate surface area is 259 Å². The van der Waals surface area contributed by atoms with Crippen LogP contribution in [-0.2, 0) is 34.8 Å². The normalized spacial score (nSPS) is 26.4. The summed E-state index contributed by atoms with van der Waals surface area (Å²) in [6, 6.07) is 40.7. The number of benzene rings is 4. The van der Waals surface area contributed by atoms with Crippen molar-refractivity contribution in [2.75, 3.05) is 14.2 Å². The number of hydrogen-bond donors (Lipinski definition) is 1. The molecule has 0 amide bonds. The first-order valence-electron chi connectivity index (χ1n) is 15.4. The number of methoxy groups -OCH3 is 2. The molecule has 4 aromatic carbocycles. The molecule has 7 rings (SSSR count). The number of hydrogen-bond acceptors (Lipinski definition) is 5. The zero-order chi connectivity index (χ0) is 30.3. The Morgan fingerprint density at radius 1 is 0.636 bits per heavy atom. The molecule has 6 atom stereocenters. The van der Waals surface area contributed by atoms with Crippen LogP contribution in [0, 0.1) is 17.8 Å². The molecular weight excluding hydrogens is 551 g/mol. The molecule has 7 heteroatoms. The van der Waals surface area contributed by atoms with Gasteiger partial charge in [-0.1, -0.05) is 121 Å². The predicted molar refractivity (Wildman–Crippen MR) is 168 cm³/mol. The van der Waals surface area contributed by atoms with Crippen LogP contribution in [0.3, 0.4) is 0 Å². The fourth-order valence-electron chi connectivity index (χ4n) is 7.73.